The summed E-state index contributed by atoms with van der Waals surface area (Å²) in [4.78, 5) is 15.1. The Labute approximate surface area is 88.3 Å². The average molecular weight is 206 g/mol. The van der Waals surface area contributed by atoms with E-state index in [9.17, 15) is 4.79 Å². The van der Waals surface area contributed by atoms with Gasteiger partial charge in [-0.3, -0.25) is 9.78 Å². The SMILES string of the molecule is CC1(C(=O)O)CC(c2cccnc2)CN1. The Kier molecular flexibility index (Phi) is 2.44. The lowest BCUT2D eigenvalue weighted by Gasteiger charge is -2.18. The second kappa shape index (κ2) is 3.62. The summed E-state index contributed by atoms with van der Waals surface area (Å²) >= 11 is 0. The number of carbonyl (C=O) groups is 1. The van der Waals surface area contributed by atoms with Crippen molar-refractivity contribution in [1.82, 2.24) is 10.3 Å². The molecule has 2 heterocycles. The highest BCUT2D eigenvalue weighted by molar-refractivity contribution is 5.78. The summed E-state index contributed by atoms with van der Waals surface area (Å²) in [6, 6.07) is 3.87. The van der Waals surface area contributed by atoms with E-state index in [-0.39, 0.29) is 5.92 Å². The predicted molar refractivity (Wildman–Crippen MR) is 55.6 cm³/mol. The Bertz CT molecular complexity index is 366. The highest BCUT2D eigenvalue weighted by Crippen LogP contribution is 2.31. The molecule has 4 nitrogen and oxygen atoms in total. The molecule has 0 spiro atoms. The number of rotatable bonds is 2. The third kappa shape index (κ3) is 1.85. The highest BCUT2D eigenvalue weighted by atomic mass is 16.4. The molecule has 2 unspecified atom stereocenters. The van der Waals surface area contributed by atoms with Gasteiger partial charge in [0.1, 0.15) is 5.54 Å². The summed E-state index contributed by atoms with van der Waals surface area (Å²) in [6.07, 6.45) is 4.15. The van der Waals surface area contributed by atoms with Crippen molar-refractivity contribution in [1.29, 1.82) is 0 Å². The van der Waals surface area contributed by atoms with Gasteiger partial charge in [-0.15, -0.1) is 0 Å². The molecule has 2 N–H and O–H groups in total. The molecule has 2 atom stereocenters. The van der Waals surface area contributed by atoms with Crippen molar-refractivity contribution in [2.24, 2.45) is 0 Å². The maximum atomic E-state index is 11.0. The van der Waals surface area contributed by atoms with Crippen LogP contribution in [0.25, 0.3) is 0 Å². The number of nitrogens with zero attached hydrogens (tertiary/aromatic N) is 1. The van der Waals surface area contributed by atoms with Crippen LogP contribution >= 0.6 is 0 Å². The van der Waals surface area contributed by atoms with Crippen molar-refractivity contribution < 1.29 is 9.90 Å². The van der Waals surface area contributed by atoms with E-state index in [1.54, 1.807) is 19.3 Å². The Hall–Kier alpha value is -1.42. The van der Waals surface area contributed by atoms with Gasteiger partial charge in [-0.05, 0) is 25.0 Å². The van der Waals surface area contributed by atoms with Crippen LogP contribution in [0.2, 0.25) is 0 Å². The molecule has 1 fully saturated rings. The summed E-state index contributed by atoms with van der Waals surface area (Å²) < 4.78 is 0. The molecule has 1 aromatic rings. The van der Waals surface area contributed by atoms with Crippen molar-refractivity contribution in [2.75, 3.05) is 6.54 Å². The Morgan fingerprint density at radius 2 is 2.53 bits per heavy atom. The van der Waals surface area contributed by atoms with Gasteiger partial charge in [0.2, 0.25) is 0 Å². The average Bonchev–Trinajstić information content (AvgIpc) is 2.64. The molecule has 1 saturated heterocycles. The zero-order chi connectivity index (χ0) is 10.9. The number of hydrogen-bond donors (Lipinski definition) is 2. The lowest BCUT2D eigenvalue weighted by molar-refractivity contribution is -0.143. The summed E-state index contributed by atoms with van der Waals surface area (Å²) in [7, 11) is 0. The number of nitrogens with one attached hydrogen (secondary N) is 1. The first-order valence-corrected chi connectivity index (χ1v) is 5.00. The predicted octanol–water partition coefficient (Wildman–Crippen LogP) is 1.00. The molecule has 80 valence electrons. The molecule has 1 aliphatic heterocycles. The first-order valence-electron chi connectivity index (χ1n) is 5.00. The van der Waals surface area contributed by atoms with Crippen LogP contribution in [0.5, 0.6) is 0 Å². The number of aliphatic carboxylic acids is 1. The lowest BCUT2D eigenvalue weighted by Crippen LogP contribution is -2.44. The van der Waals surface area contributed by atoms with E-state index in [1.165, 1.54) is 0 Å². The number of hydrogen-bond acceptors (Lipinski definition) is 3. The van der Waals surface area contributed by atoms with Crippen molar-refractivity contribution in [2.45, 2.75) is 24.8 Å². The van der Waals surface area contributed by atoms with Crippen molar-refractivity contribution in [3.05, 3.63) is 30.1 Å². The molecule has 0 amide bonds. The minimum Gasteiger partial charge on any atom is -0.480 e. The van der Waals surface area contributed by atoms with Crippen LogP contribution < -0.4 is 5.32 Å². The van der Waals surface area contributed by atoms with E-state index in [2.05, 4.69) is 10.3 Å². The highest BCUT2D eigenvalue weighted by Gasteiger charge is 2.41. The summed E-state index contributed by atoms with van der Waals surface area (Å²) in [5.74, 6) is -0.534. The number of pyridine rings is 1. The van der Waals surface area contributed by atoms with Crippen molar-refractivity contribution >= 4 is 5.97 Å². The van der Waals surface area contributed by atoms with E-state index < -0.39 is 11.5 Å². The third-order valence-electron chi connectivity index (χ3n) is 3.02. The Morgan fingerprint density at radius 3 is 3.07 bits per heavy atom. The largest absolute Gasteiger partial charge is 0.480 e. The molecule has 0 aromatic carbocycles. The molecular formula is C11H14N2O2. The van der Waals surface area contributed by atoms with Crippen LogP contribution in [-0.2, 0) is 4.79 Å². The second-order valence-electron chi connectivity index (χ2n) is 4.21. The fourth-order valence-electron chi connectivity index (χ4n) is 2.00. The van der Waals surface area contributed by atoms with Crippen LogP contribution in [0.1, 0.15) is 24.8 Å². The lowest BCUT2D eigenvalue weighted by atomic mass is 9.91. The summed E-state index contributed by atoms with van der Waals surface area (Å²) in [5.41, 5.74) is 0.315. The Morgan fingerprint density at radius 1 is 1.73 bits per heavy atom. The van der Waals surface area contributed by atoms with Crippen LogP contribution in [0.3, 0.4) is 0 Å². The van der Waals surface area contributed by atoms with Gasteiger partial charge in [0.15, 0.2) is 0 Å². The van der Waals surface area contributed by atoms with Gasteiger partial charge < -0.3 is 10.4 Å². The summed E-state index contributed by atoms with van der Waals surface area (Å²) in [6.45, 7) is 2.43. The molecule has 0 radical (unpaired) electrons. The van der Waals surface area contributed by atoms with E-state index >= 15 is 0 Å². The topological polar surface area (TPSA) is 62.2 Å². The molecule has 0 saturated carbocycles. The fourth-order valence-corrected chi connectivity index (χ4v) is 2.00. The summed E-state index contributed by atoms with van der Waals surface area (Å²) in [5, 5.41) is 12.1. The van der Waals surface area contributed by atoms with Gasteiger partial charge in [-0.2, -0.15) is 0 Å². The monoisotopic (exact) mass is 206 g/mol. The normalized spacial score (nSPS) is 30.3. The van der Waals surface area contributed by atoms with E-state index in [1.807, 2.05) is 12.1 Å². The first-order chi connectivity index (χ1) is 7.12. The quantitative estimate of drug-likeness (QED) is 0.757. The first kappa shape index (κ1) is 10.1. The molecule has 0 aliphatic carbocycles. The Balaban J connectivity index is 2.14. The number of carboxylic acid groups (broad SMARTS) is 1. The minimum absolute atomic E-state index is 0.250. The minimum atomic E-state index is -0.791. The van der Waals surface area contributed by atoms with E-state index in [0.29, 0.717) is 13.0 Å². The molecule has 2 rings (SSSR count). The van der Waals surface area contributed by atoms with Crippen LogP contribution in [0.4, 0.5) is 0 Å². The van der Waals surface area contributed by atoms with Gasteiger partial charge in [-0.1, -0.05) is 6.07 Å². The number of aromatic nitrogens is 1. The molecule has 15 heavy (non-hydrogen) atoms. The standard InChI is InChI=1S/C11H14N2O2/c1-11(10(14)15)5-9(7-13-11)8-3-2-4-12-6-8/h2-4,6,9,13H,5,7H2,1H3,(H,14,15). The van der Waals surface area contributed by atoms with Gasteiger partial charge >= 0.3 is 5.97 Å². The van der Waals surface area contributed by atoms with E-state index in [0.717, 1.165) is 5.56 Å². The molecule has 1 aliphatic rings. The van der Waals surface area contributed by atoms with Crippen LogP contribution in [0, 0.1) is 0 Å². The van der Waals surface area contributed by atoms with Crippen molar-refractivity contribution in [3.8, 4) is 0 Å². The molecule has 1 aromatic heterocycles. The van der Waals surface area contributed by atoms with Gasteiger partial charge in [-0.25, -0.2) is 0 Å². The van der Waals surface area contributed by atoms with Gasteiger partial charge in [0, 0.05) is 24.9 Å². The zero-order valence-electron chi connectivity index (χ0n) is 8.60. The van der Waals surface area contributed by atoms with Crippen molar-refractivity contribution in [3.63, 3.8) is 0 Å². The van der Waals surface area contributed by atoms with Gasteiger partial charge in [0.05, 0.1) is 0 Å². The number of carboxylic acids is 1. The van der Waals surface area contributed by atoms with Crippen LogP contribution in [0.15, 0.2) is 24.5 Å². The van der Waals surface area contributed by atoms with E-state index in [4.69, 9.17) is 5.11 Å². The molecule has 0 bridgehead atoms. The fraction of sp³-hybridized carbons (Fsp3) is 0.455. The van der Waals surface area contributed by atoms with Gasteiger partial charge in [0.25, 0.3) is 0 Å². The molecule has 4 heteroatoms. The maximum Gasteiger partial charge on any atom is 0.323 e. The van der Waals surface area contributed by atoms with Crippen LogP contribution in [-0.4, -0.2) is 28.1 Å². The maximum absolute atomic E-state index is 11.0. The molecular weight excluding hydrogens is 192 g/mol. The smallest absolute Gasteiger partial charge is 0.323 e. The zero-order valence-corrected chi connectivity index (χ0v) is 8.60. The third-order valence-corrected chi connectivity index (χ3v) is 3.02. The second-order valence-corrected chi connectivity index (χ2v) is 4.21.